The summed E-state index contributed by atoms with van der Waals surface area (Å²) in [7, 11) is 0. The van der Waals surface area contributed by atoms with E-state index < -0.39 is 0 Å². The van der Waals surface area contributed by atoms with Crippen molar-refractivity contribution < 1.29 is 0 Å². The van der Waals surface area contributed by atoms with E-state index in [4.69, 9.17) is 0 Å². The van der Waals surface area contributed by atoms with Crippen molar-refractivity contribution in [1.29, 1.82) is 0 Å². The van der Waals surface area contributed by atoms with Crippen molar-refractivity contribution in [3.8, 4) is 0 Å². The van der Waals surface area contributed by atoms with E-state index in [2.05, 4.69) is 25.9 Å². The molecule has 0 aromatic carbocycles. The van der Waals surface area contributed by atoms with Gasteiger partial charge in [0.2, 0.25) is 5.78 Å². The van der Waals surface area contributed by atoms with Crippen LogP contribution in [0.4, 0.5) is 0 Å². The number of nitrogens with zero attached hydrogens (tertiary/aromatic N) is 2. The number of halogens is 1. The molecule has 0 bridgehead atoms. The minimum atomic E-state index is -0.0845. The number of aromatic nitrogens is 3. The van der Waals surface area contributed by atoms with Gasteiger partial charge in [0, 0.05) is 18.1 Å². The Morgan fingerprint density at radius 1 is 1.67 bits per heavy atom. The first kappa shape index (κ1) is 7.54. The standard InChI is InChI=1S/C7H6BrN3O/c1-4-5(8)6(12)11-3-2-9-7(11)10-4/h2-3H,1H3,(H,9,10). The number of hydrogen-bond donors (Lipinski definition) is 1. The molecule has 5 heteroatoms. The molecular formula is C7H6BrN3O. The van der Waals surface area contributed by atoms with E-state index >= 15 is 0 Å². The molecule has 4 nitrogen and oxygen atoms in total. The van der Waals surface area contributed by atoms with Gasteiger partial charge in [0.1, 0.15) is 4.47 Å². The first-order valence-electron chi connectivity index (χ1n) is 3.41. The number of aromatic amines is 1. The molecule has 2 aromatic heterocycles. The largest absolute Gasteiger partial charge is 0.328 e. The van der Waals surface area contributed by atoms with Gasteiger partial charge in [-0.15, -0.1) is 0 Å². The van der Waals surface area contributed by atoms with Crippen molar-refractivity contribution in [2.24, 2.45) is 0 Å². The molecule has 0 saturated carbocycles. The zero-order valence-corrected chi connectivity index (χ0v) is 7.92. The average molecular weight is 228 g/mol. The van der Waals surface area contributed by atoms with E-state index in [1.807, 2.05) is 6.92 Å². The lowest BCUT2D eigenvalue weighted by Crippen LogP contribution is -2.15. The smallest absolute Gasteiger partial charge is 0.273 e. The Hall–Kier alpha value is -1.10. The maximum Gasteiger partial charge on any atom is 0.273 e. The lowest BCUT2D eigenvalue weighted by atomic mass is 10.4. The van der Waals surface area contributed by atoms with Crippen molar-refractivity contribution in [2.45, 2.75) is 6.92 Å². The Balaban J connectivity index is 3.05. The molecule has 0 atom stereocenters. The van der Waals surface area contributed by atoms with E-state index in [-0.39, 0.29) is 5.56 Å². The van der Waals surface area contributed by atoms with Gasteiger partial charge in [-0.3, -0.25) is 9.20 Å². The van der Waals surface area contributed by atoms with Crippen LogP contribution in [0.5, 0.6) is 0 Å². The van der Waals surface area contributed by atoms with Gasteiger partial charge in [0.25, 0.3) is 5.56 Å². The summed E-state index contributed by atoms with van der Waals surface area (Å²) in [5.74, 6) is 0.570. The first-order valence-corrected chi connectivity index (χ1v) is 4.21. The average Bonchev–Trinajstić information content (AvgIpc) is 2.48. The van der Waals surface area contributed by atoms with Crippen LogP contribution in [-0.4, -0.2) is 14.4 Å². The summed E-state index contributed by atoms with van der Waals surface area (Å²) in [5.41, 5.74) is 0.706. The Kier molecular flexibility index (Phi) is 1.54. The van der Waals surface area contributed by atoms with Crippen molar-refractivity contribution in [2.75, 3.05) is 0 Å². The maximum absolute atomic E-state index is 11.5. The summed E-state index contributed by atoms with van der Waals surface area (Å²) in [6, 6.07) is 0. The molecule has 0 aliphatic rings. The number of imidazole rings is 1. The highest BCUT2D eigenvalue weighted by Crippen LogP contribution is 2.07. The van der Waals surface area contributed by atoms with Crippen LogP contribution in [0.1, 0.15) is 5.69 Å². The number of H-pyrrole nitrogens is 1. The Bertz CT molecular complexity index is 485. The monoisotopic (exact) mass is 227 g/mol. The number of hydrogen-bond acceptors (Lipinski definition) is 2. The topological polar surface area (TPSA) is 50.2 Å². The molecule has 0 aliphatic heterocycles. The molecule has 0 radical (unpaired) electrons. The Labute approximate surface area is 76.4 Å². The number of rotatable bonds is 0. The first-order chi connectivity index (χ1) is 5.70. The Morgan fingerprint density at radius 2 is 2.42 bits per heavy atom. The van der Waals surface area contributed by atoms with Crippen molar-refractivity contribution >= 4 is 21.7 Å². The third-order valence-corrected chi connectivity index (χ3v) is 2.61. The zero-order valence-electron chi connectivity index (χ0n) is 6.34. The normalized spacial score (nSPS) is 10.8. The van der Waals surface area contributed by atoms with E-state index in [1.165, 1.54) is 4.40 Å². The summed E-state index contributed by atoms with van der Waals surface area (Å²) >= 11 is 3.19. The summed E-state index contributed by atoms with van der Waals surface area (Å²) in [5, 5.41) is 0. The van der Waals surface area contributed by atoms with Crippen LogP contribution >= 0.6 is 15.9 Å². The fourth-order valence-electron chi connectivity index (χ4n) is 1.05. The summed E-state index contributed by atoms with van der Waals surface area (Å²) in [4.78, 5) is 18.4. The molecule has 0 fully saturated rings. The lowest BCUT2D eigenvalue weighted by Gasteiger charge is -1.98. The molecular weight excluding hydrogens is 222 g/mol. The van der Waals surface area contributed by atoms with E-state index in [0.29, 0.717) is 10.3 Å². The highest BCUT2D eigenvalue weighted by Gasteiger charge is 2.04. The van der Waals surface area contributed by atoms with E-state index in [0.717, 1.165) is 5.69 Å². The van der Waals surface area contributed by atoms with Crippen molar-refractivity contribution in [3.63, 3.8) is 0 Å². The van der Waals surface area contributed by atoms with Gasteiger partial charge in [0.05, 0.1) is 0 Å². The molecule has 2 aromatic rings. The zero-order chi connectivity index (χ0) is 8.72. The fourth-order valence-corrected chi connectivity index (χ4v) is 1.34. The lowest BCUT2D eigenvalue weighted by molar-refractivity contribution is 1.01. The highest BCUT2D eigenvalue weighted by atomic mass is 79.9. The van der Waals surface area contributed by atoms with Gasteiger partial charge >= 0.3 is 0 Å². The summed E-state index contributed by atoms with van der Waals surface area (Å²) in [6.45, 7) is 1.82. The second-order valence-corrected chi connectivity index (χ2v) is 3.28. The van der Waals surface area contributed by atoms with Gasteiger partial charge < -0.3 is 4.98 Å². The number of aryl methyl sites for hydroxylation is 1. The van der Waals surface area contributed by atoms with E-state index in [9.17, 15) is 4.79 Å². The number of fused-ring (bicyclic) bond motifs is 1. The SMILES string of the molecule is Cc1[nH]c2nccn2c(=O)c1Br. The van der Waals surface area contributed by atoms with Gasteiger partial charge in [-0.05, 0) is 22.9 Å². The van der Waals surface area contributed by atoms with E-state index in [1.54, 1.807) is 12.4 Å². The summed E-state index contributed by atoms with van der Waals surface area (Å²) < 4.78 is 2.00. The molecule has 2 heterocycles. The highest BCUT2D eigenvalue weighted by molar-refractivity contribution is 9.10. The van der Waals surface area contributed by atoms with Crippen molar-refractivity contribution in [1.82, 2.24) is 14.4 Å². The van der Waals surface area contributed by atoms with Crippen LogP contribution in [0.3, 0.4) is 0 Å². The fraction of sp³-hybridized carbons (Fsp3) is 0.143. The molecule has 12 heavy (non-hydrogen) atoms. The van der Waals surface area contributed by atoms with Crippen LogP contribution in [0.25, 0.3) is 5.78 Å². The van der Waals surface area contributed by atoms with Gasteiger partial charge in [-0.25, -0.2) is 4.98 Å². The molecule has 2 rings (SSSR count). The van der Waals surface area contributed by atoms with Gasteiger partial charge in [0.15, 0.2) is 0 Å². The molecule has 0 aliphatic carbocycles. The molecule has 1 N–H and O–H groups in total. The Morgan fingerprint density at radius 3 is 3.17 bits per heavy atom. The molecule has 0 unspecified atom stereocenters. The summed E-state index contributed by atoms with van der Waals surface area (Å²) in [6.07, 6.45) is 3.21. The van der Waals surface area contributed by atoms with Crippen LogP contribution < -0.4 is 5.56 Å². The minimum Gasteiger partial charge on any atom is -0.328 e. The van der Waals surface area contributed by atoms with Crippen LogP contribution in [-0.2, 0) is 0 Å². The second kappa shape index (κ2) is 2.45. The van der Waals surface area contributed by atoms with Crippen molar-refractivity contribution in [3.05, 3.63) is 32.9 Å². The molecule has 0 saturated heterocycles. The third-order valence-electron chi connectivity index (χ3n) is 1.68. The second-order valence-electron chi connectivity index (χ2n) is 2.49. The van der Waals surface area contributed by atoms with Crippen LogP contribution in [0.2, 0.25) is 0 Å². The predicted octanol–water partition coefficient (Wildman–Crippen LogP) is 1.09. The van der Waals surface area contributed by atoms with Crippen LogP contribution in [0, 0.1) is 6.92 Å². The maximum atomic E-state index is 11.5. The van der Waals surface area contributed by atoms with Gasteiger partial charge in [-0.1, -0.05) is 0 Å². The molecule has 62 valence electrons. The number of nitrogens with one attached hydrogen (secondary N) is 1. The molecule has 0 amide bonds. The molecule has 0 spiro atoms. The quantitative estimate of drug-likeness (QED) is 0.733. The van der Waals surface area contributed by atoms with Crippen LogP contribution in [0.15, 0.2) is 21.7 Å². The predicted molar refractivity (Wildman–Crippen MR) is 48.2 cm³/mol. The van der Waals surface area contributed by atoms with Gasteiger partial charge in [-0.2, -0.15) is 0 Å². The third kappa shape index (κ3) is 0.896. The minimum absolute atomic E-state index is 0.0845.